The van der Waals surface area contributed by atoms with Crippen molar-refractivity contribution >= 4 is 11.9 Å². The van der Waals surface area contributed by atoms with Crippen molar-refractivity contribution in [3.8, 4) is 0 Å². The molecule has 0 aliphatic carbocycles. The number of benzene rings is 1. The number of amides is 1. The number of hydrogen-bond donors (Lipinski definition) is 3. The first-order chi connectivity index (χ1) is 8.91. The number of carbonyl (C=O) groups excluding carboxylic acids is 1. The average molecular weight is 264 g/mol. The highest BCUT2D eigenvalue weighted by Gasteiger charge is 2.18. The van der Waals surface area contributed by atoms with Crippen molar-refractivity contribution in [2.24, 2.45) is 5.73 Å². The van der Waals surface area contributed by atoms with Gasteiger partial charge < -0.3 is 16.2 Å². The number of hydrogen-bond acceptors (Lipinski definition) is 3. The molecule has 0 saturated heterocycles. The first kappa shape index (κ1) is 15.2. The molecule has 1 amide bonds. The lowest BCUT2D eigenvalue weighted by atomic mass is 10.0. The van der Waals surface area contributed by atoms with Gasteiger partial charge in [0.2, 0.25) is 5.91 Å². The third-order valence-corrected chi connectivity index (χ3v) is 3.02. The zero-order valence-corrected chi connectivity index (χ0v) is 11.2. The molecule has 104 valence electrons. The number of carboxylic acids is 1. The topological polar surface area (TPSA) is 92.4 Å². The molecule has 5 nitrogen and oxygen atoms in total. The SMILES string of the molecule is Cc1ccccc1[C@@H](C)NC(=O)C(N)CCC(=O)O. The molecule has 1 aromatic carbocycles. The van der Waals surface area contributed by atoms with E-state index in [4.69, 9.17) is 10.8 Å². The normalized spacial score (nSPS) is 13.6. The quantitative estimate of drug-likeness (QED) is 0.723. The van der Waals surface area contributed by atoms with Gasteiger partial charge in [0.25, 0.3) is 0 Å². The van der Waals surface area contributed by atoms with Crippen LogP contribution in [0.15, 0.2) is 24.3 Å². The molecule has 4 N–H and O–H groups in total. The maximum Gasteiger partial charge on any atom is 0.303 e. The molecule has 1 rings (SSSR count). The van der Waals surface area contributed by atoms with E-state index >= 15 is 0 Å². The summed E-state index contributed by atoms with van der Waals surface area (Å²) in [6, 6.07) is 6.83. The molecule has 5 heteroatoms. The van der Waals surface area contributed by atoms with Gasteiger partial charge in [0.15, 0.2) is 0 Å². The summed E-state index contributed by atoms with van der Waals surface area (Å²) in [4.78, 5) is 22.2. The molecule has 0 fully saturated rings. The van der Waals surface area contributed by atoms with Gasteiger partial charge in [0.1, 0.15) is 0 Å². The van der Waals surface area contributed by atoms with Crippen LogP contribution in [0.3, 0.4) is 0 Å². The standard InChI is InChI=1S/C14H20N2O3/c1-9-5-3-4-6-11(9)10(2)16-14(19)12(15)7-8-13(17)18/h3-6,10,12H,7-8,15H2,1-2H3,(H,16,19)(H,17,18)/t10-,12?/m1/s1. The second-order valence-corrected chi connectivity index (χ2v) is 4.63. The number of nitrogens with one attached hydrogen (secondary N) is 1. The van der Waals surface area contributed by atoms with E-state index in [1.165, 1.54) is 0 Å². The first-order valence-corrected chi connectivity index (χ1v) is 6.25. The van der Waals surface area contributed by atoms with Crippen LogP contribution in [-0.4, -0.2) is 23.0 Å². The van der Waals surface area contributed by atoms with Crippen molar-refractivity contribution < 1.29 is 14.7 Å². The van der Waals surface area contributed by atoms with Gasteiger partial charge in [0, 0.05) is 6.42 Å². The number of nitrogens with two attached hydrogens (primary N) is 1. The van der Waals surface area contributed by atoms with Crippen LogP contribution in [0.1, 0.15) is 36.9 Å². The fourth-order valence-corrected chi connectivity index (χ4v) is 1.88. The lowest BCUT2D eigenvalue weighted by molar-refractivity contribution is -0.137. The summed E-state index contributed by atoms with van der Waals surface area (Å²) < 4.78 is 0. The Bertz CT molecular complexity index is 460. The summed E-state index contributed by atoms with van der Waals surface area (Å²) >= 11 is 0. The highest BCUT2D eigenvalue weighted by molar-refractivity contribution is 5.82. The Morgan fingerprint density at radius 2 is 2.00 bits per heavy atom. The molecule has 2 atom stereocenters. The minimum absolute atomic E-state index is 0.104. The van der Waals surface area contributed by atoms with Crippen molar-refractivity contribution in [2.75, 3.05) is 0 Å². The summed E-state index contributed by atoms with van der Waals surface area (Å²) in [6.45, 7) is 3.85. The Hall–Kier alpha value is -1.88. The van der Waals surface area contributed by atoms with E-state index in [2.05, 4.69) is 5.32 Å². The van der Waals surface area contributed by atoms with Crippen LogP contribution in [-0.2, 0) is 9.59 Å². The van der Waals surface area contributed by atoms with Crippen LogP contribution in [0.2, 0.25) is 0 Å². The van der Waals surface area contributed by atoms with E-state index in [1.807, 2.05) is 38.1 Å². The third-order valence-electron chi connectivity index (χ3n) is 3.02. The lowest BCUT2D eigenvalue weighted by Crippen LogP contribution is -2.42. The molecule has 0 bridgehead atoms. The maximum atomic E-state index is 11.8. The van der Waals surface area contributed by atoms with Gasteiger partial charge >= 0.3 is 5.97 Å². The molecule has 0 aliphatic rings. The molecule has 1 aromatic rings. The fourth-order valence-electron chi connectivity index (χ4n) is 1.88. The van der Waals surface area contributed by atoms with Gasteiger partial charge in [-0.2, -0.15) is 0 Å². The number of carboxylic acid groups (broad SMARTS) is 1. The van der Waals surface area contributed by atoms with Crippen LogP contribution >= 0.6 is 0 Å². The van der Waals surface area contributed by atoms with Gasteiger partial charge in [-0.15, -0.1) is 0 Å². The Morgan fingerprint density at radius 1 is 1.37 bits per heavy atom. The predicted molar refractivity (Wildman–Crippen MR) is 72.6 cm³/mol. The summed E-state index contributed by atoms with van der Waals surface area (Å²) in [5.41, 5.74) is 7.78. The molecule has 1 unspecified atom stereocenters. The van der Waals surface area contributed by atoms with E-state index in [0.29, 0.717) is 0 Å². The van der Waals surface area contributed by atoms with E-state index in [0.717, 1.165) is 11.1 Å². The zero-order valence-electron chi connectivity index (χ0n) is 11.2. The number of aliphatic carboxylic acids is 1. The summed E-state index contributed by atoms with van der Waals surface area (Å²) in [6.07, 6.45) is 0.0367. The van der Waals surface area contributed by atoms with Crippen LogP contribution < -0.4 is 11.1 Å². The van der Waals surface area contributed by atoms with Crippen molar-refractivity contribution in [3.63, 3.8) is 0 Å². The van der Waals surface area contributed by atoms with Crippen molar-refractivity contribution in [1.82, 2.24) is 5.32 Å². The fraction of sp³-hybridized carbons (Fsp3) is 0.429. The van der Waals surface area contributed by atoms with Crippen LogP contribution in [0, 0.1) is 6.92 Å². The number of aryl methyl sites for hydroxylation is 1. The van der Waals surface area contributed by atoms with Gasteiger partial charge in [-0.25, -0.2) is 0 Å². The highest BCUT2D eigenvalue weighted by atomic mass is 16.4. The number of rotatable bonds is 6. The lowest BCUT2D eigenvalue weighted by Gasteiger charge is -2.19. The van der Waals surface area contributed by atoms with E-state index in [-0.39, 0.29) is 24.8 Å². The van der Waals surface area contributed by atoms with Crippen molar-refractivity contribution in [3.05, 3.63) is 35.4 Å². The van der Waals surface area contributed by atoms with E-state index in [1.54, 1.807) is 0 Å². The minimum atomic E-state index is -0.949. The molecule has 0 radical (unpaired) electrons. The van der Waals surface area contributed by atoms with E-state index in [9.17, 15) is 9.59 Å². The number of carbonyl (C=O) groups is 2. The highest BCUT2D eigenvalue weighted by Crippen LogP contribution is 2.16. The second-order valence-electron chi connectivity index (χ2n) is 4.63. The van der Waals surface area contributed by atoms with Crippen LogP contribution in [0.25, 0.3) is 0 Å². The summed E-state index contributed by atoms with van der Waals surface area (Å²) in [5.74, 6) is -1.27. The van der Waals surface area contributed by atoms with Gasteiger partial charge in [-0.05, 0) is 31.4 Å². The largest absolute Gasteiger partial charge is 0.481 e. The molecule has 0 saturated carbocycles. The second kappa shape index (κ2) is 6.89. The molecule has 0 heterocycles. The Balaban J connectivity index is 2.57. The zero-order chi connectivity index (χ0) is 14.4. The van der Waals surface area contributed by atoms with E-state index < -0.39 is 12.0 Å². The molecule has 0 spiro atoms. The summed E-state index contributed by atoms with van der Waals surface area (Å²) in [7, 11) is 0. The van der Waals surface area contributed by atoms with Crippen LogP contribution in [0.5, 0.6) is 0 Å². The third kappa shape index (κ3) is 4.71. The molecule has 0 aliphatic heterocycles. The molecule has 19 heavy (non-hydrogen) atoms. The minimum Gasteiger partial charge on any atom is -0.481 e. The Kier molecular flexibility index (Phi) is 5.51. The molecular weight excluding hydrogens is 244 g/mol. The first-order valence-electron chi connectivity index (χ1n) is 6.25. The Labute approximate surface area is 112 Å². The predicted octanol–water partition coefficient (Wildman–Crippen LogP) is 1.36. The maximum absolute atomic E-state index is 11.8. The molecule has 0 aromatic heterocycles. The monoisotopic (exact) mass is 264 g/mol. The van der Waals surface area contributed by atoms with Crippen LogP contribution in [0.4, 0.5) is 0 Å². The van der Waals surface area contributed by atoms with Gasteiger partial charge in [-0.3, -0.25) is 9.59 Å². The molecular formula is C14H20N2O3. The average Bonchev–Trinajstić information content (AvgIpc) is 2.36. The van der Waals surface area contributed by atoms with Gasteiger partial charge in [-0.1, -0.05) is 24.3 Å². The van der Waals surface area contributed by atoms with Crippen molar-refractivity contribution in [1.29, 1.82) is 0 Å². The summed E-state index contributed by atoms with van der Waals surface area (Å²) in [5, 5.41) is 11.4. The van der Waals surface area contributed by atoms with Crippen molar-refractivity contribution in [2.45, 2.75) is 38.8 Å². The smallest absolute Gasteiger partial charge is 0.303 e. The van der Waals surface area contributed by atoms with Gasteiger partial charge in [0.05, 0.1) is 12.1 Å². The Morgan fingerprint density at radius 3 is 2.58 bits per heavy atom.